The number of nitrogens with one attached hydrogen (secondary N) is 1. The molecule has 9 heteroatoms. The van der Waals surface area contributed by atoms with Gasteiger partial charge in [0.2, 0.25) is 6.79 Å². The summed E-state index contributed by atoms with van der Waals surface area (Å²) < 4.78 is 54.2. The summed E-state index contributed by atoms with van der Waals surface area (Å²) in [5, 5.41) is 14.7. The van der Waals surface area contributed by atoms with Crippen molar-refractivity contribution in [2.45, 2.75) is 50.4 Å². The molecule has 1 aliphatic heterocycles. The predicted octanol–water partition coefficient (Wildman–Crippen LogP) is 4.79. The number of halogens is 3. The quantitative estimate of drug-likeness (QED) is 0.591. The summed E-state index contributed by atoms with van der Waals surface area (Å²) in [6, 6.07) is 6.81. The fraction of sp³-hybridized carbons (Fsp3) is 0.391. The van der Waals surface area contributed by atoms with E-state index in [0.717, 1.165) is 0 Å². The van der Waals surface area contributed by atoms with Crippen LogP contribution in [0.1, 0.15) is 43.3 Å². The van der Waals surface area contributed by atoms with Gasteiger partial charge in [-0.3, -0.25) is 0 Å². The van der Waals surface area contributed by atoms with Crippen LogP contribution in [0, 0.1) is 6.92 Å². The van der Waals surface area contributed by atoms with Gasteiger partial charge < -0.3 is 19.9 Å². The predicted molar refractivity (Wildman–Crippen MR) is 112 cm³/mol. The van der Waals surface area contributed by atoms with Gasteiger partial charge >= 0.3 is 6.18 Å². The number of aliphatic hydroxyl groups is 1. The Morgan fingerprint density at radius 2 is 1.94 bits per heavy atom. The van der Waals surface area contributed by atoms with Crippen molar-refractivity contribution in [2.24, 2.45) is 0 Å². The zero-order valence-corrected chi connectivity index (χ0v) is 17.7. The van der Waals surface area contributed by atoms with E-state index in [1.165, 1.54) is 0 Å². The third-order valence-corrected chi connectivity index (χ3v) is 6.28. The molecule has 3 aromatic rings. The highest BCUT2D eigenvalue weighted by Gasteiger charge is 2.64. The molecule has 0 saturated carbocycles. The Morgan fingerprint density at radius 3 is 2.69 bits per heavy atom. The molecule has 6 nitrogen and oxygen atoms in total. The van der Waals surface area contributed by atoms with E-state index in [0.29, 0.717) is 45.0 Å². The van der Waals surface area contributed by atoms with Crippen molar-refractivity contribution in [1.82, 2.24) is 9.97 Å². The Bertz CT molecular complexity index is 1230. The van der Waals surface area contributed by atoms with E-state index in [9.17, 15) is 18.3 Å². The first-order valence-corrected chi connectivity index (χ1v) is 10.2. The van der Waals surface area contributed by atoms with E-state index in [-0.39, 0.29) is 6.79 Å². The minimum atomic E-state index is -4.88. The van der Waals surface area contributed by atoms with Crippen molar-refractivity contribution in [1.29, 1.82) is 0 Å². The van der Waals surface area contributed by atoms with Crippen molar-refractivity contribution in [3.05, 3.63) is 53.5 Å². The molecular formula is C23H22F3N3O3. The van der Waals surface area contributed by atoms with Crippen LogP contribution in [0.2, 0.25) is 0 Å². The summed E-state index contributed by atoms with van der Waals surface area (Å²) in [4.78, 5) is 8.55. The molecule has 1 aliphatic carbocycles. The van der Waals surface area contributed by atoms with Gasteiger partial charge in [-0.25, -0.2) is 9.97 Å². The number of hydrogen-bond acceptors (Lipinski definition) is 6. The van der Waals surface area contributed by atoms with Gasteiger partial charge in [0.05, 0.1) is 11.6 Å². The topological polar surface area (TPSA) is 76.5 Å². The SMILES string of the molecule is Cc1ncc2c(NC3c4ccc5c(c4C(C)(C)CC3(O)C(F)(F)F)OCO5)cccc2n1. The lowest BCUT2D eigenvalue weighted by atomic mass is 9.63. The van der Waals surface area contributed by atoms with Gasteiger partial charge in [-0.2, -0.15) is 13.2 Å². The molecule has 0 spiro atoms. The Balaban J connectivity index is 1.72. The molecule has 32 heavy (non-hydrogen) atoms. The van der Waals surface area contributed by atoms with Gasteiger partial charge in [0, 0.05) is 22.8 Å². The molecule has 2 unspecified atom stereocenters. The zero-order valence-electron chi connectivity index (χ0n) is 17.7. The van der Waals surface area contributed by atoms with Crippen LogP contribution < -0.4 is 14.8 Å². The molecule has 2 aliphatic rings. The average molecular weight is 445 g/mol. The van der Waals surface area contributed by atoms with E-state index in [4.69, 9.17) is 9.47 Å². The highest BCUT2D eigenvalue weighted by atomic mass is 19.4. The summed E-state index contributed by atoms with van der Waals surface area (Å²) in [5.41, 5.74) is -2.12. The van der Waals surface area contributed by atoms with E-state index >= 15 is 0 Å². The summed E-state index contributed by atoms with van der Waals surface area (Å²) in [6.45, 7) is 5.10. The number of aryl methyl sites for hydroxylation is 1. The maximum Gasteiger partial charge on any atom is 0.419 e. The lowest BCUT2D eigenvalue weighted by molar-refractivity contribution is -0.275. The van der Waals surface area contributed by atoms with E-state index < -0.39 is 29.7 Å². The molecule has 0 amide bonds. The van der Waals surface area contributed by atoms with Gasteiger partial charge in [-0.05, 0) is 42.5 Å². The first-order chi connectivity index (χ1) is 15.0. The van der Waals surface area contributed by atoms with E-state index in [2.05, 4.69) is 15.3 Å². The van der Waals surface area contributed by atoms with Gasteiger partial charge in [0.25, 0.3) is 0 Å². The third-order valence-electron chi connectivity index (χ3n) is 6.28. The monoisotopic (exact) mass is 445 g/mol. The number of alkyl halides is 3. The highest BCUT2D eigenvalue weighted by Crippen LogP contribution is 2.58. The van der Waals surface area contributed by atoms with Crippen molar-refractivity contribution in [3.63, 3.8) is 0 Å². The van der Waals surface area contributed by atoms with E-state index in [1.807, 2.05) is 0 Å². The normalized spacial score (nSPS) is 23.8. The number of fused-ring (bicyclic) bond motifs is 4. The molecule has 2 heterocycles. The second-order valence-electron chi connectivity index (χ2n) is 8.98. The van der Waals surface area contributed by atoms with Gasteiger partial charge in [-0.15, -0.1) is 0 Å². The van der Waals surface area contributed by atoms with Crippen LogP contribution in [0.4, 0.5) is 18.9 Å². The molecule has 1 aromatic heterocycles. The number of aromatic nitrogens is 2. The number of hydrogen-bond donors (Lipinski definition) is 2. The molecule has 2 N–H and O–H groups in total. The van der Waals surface area contributed by atoms with Crippen molar-refractivity contribution >= 4 is 16.6 Å². The van der Waals surface area contributed by atoms with Crippen LogP contribution in [0.25, 0.3) is 10.9 Å². The van der Waals surface area contributed by atoms with Crippen LogP contribution in [-0.4, -0.2) is 33.6 Å². The number of ether oxygens (including phenoxy) is 2. The molecule has 2 aromatic carbocycles. The first kappa shape index (κ1) is 20.8. The van der Waals surface area contributed by atoms with Crippen LogP contribution in [-0.2, 0) is 5.41 Å². The maximum atomic E-state index is 14.4. The van der Waals surface area contributed by atoms with Gasteiger partial charge in [-0.1, -0.05) is 26.0 Å². The molecular weight excluding hydrogens is 423 g/mol. The molecule has 0 fully saturated rings. The van der Waals surface area contributed by atoms with Crippen LogP contribution >= 0.6 is 0 Å². The fourth-order valence-electron chi connectivity index (χ4n) is 4.94. The molecule has 2 atom stereocenters. The van der Waals surface area contributed by atoms with Gasteiger partial charge in [0.15, 0.2) is 17.1 Å². The second-order valence-corrected chi connectivity index (χ2v) is 8.98. The number of anilines is 1. The maximum absolute atomic E-state index is 14.4. The zero-order chi connectivity index (χ0) is 22.9. The van der Waals surface area contributed by atoms with Crippen LogP contribution in [0.5, 0.6) is 11.5 Å². The molecule has 0 saturated heterocycles. The second kappa shape index (κ2) is 6.71. The number of nitrogens with zero attached hydrogens (tertiary/aromatic N) is 2. The lowest BCUT2D eigenvalue weighted by Gasteiger charge is -2.49. The third kappa shape index (κ3) is 2.98. The van der Waals surface area contributed by atoms with Crippen molar-refractivity contribution in [2.75, 3.05) is 12.1 Å². The largest absolute Gasteiger partial charge is 0.454 e. The molecule has 0 radical (unpaired) electrons. The summed E-state index contributed by atoms with van der Waals surface area (Å²) in [5.74, 6) is 1.47. The highest BCUT2D eigenvalue weighted by molar-refractivity contribution is 5.91. The van der Waals surface area contributed by atoms with Crippen molar-refractivity contribution < 1.29 is 27.8 Å². The standard InChI is InChI=1S/C23H22F3N3O3/c1-12-27-9-14-15(28-12)5-4-6-16(14)29-20-13-7-8-17-19(32-11-31-17)18(13)21(2,3)10-22(20,30)23(24,25)26/h4-9,20,29-30H,10-11H2,1-3H3. The molecule has 0 bridgehead atoms. The minimum absolute atomic E-state index is 0.00349. The Morgan fingerprint density at radius 1 is 1.16 bits per heavy atom. The van der Waals surface area contributed by atoms with Gasteiger partial charge in [0.1, 0.15) is 5.82 Å². The fourth-order valence-corrected chi connectivity index (χ4v) is 4.94. The Hall–Kier alpha value is -3.07. The van der Waals surface area contributed by atoms with E-state index in [1.54, 1.807) is 57.3 Å². The Kier molecular flexibility index (Phi) is 4.37. The molecule has 168 valence electrons. The van der Waals surface area contributed by atoms with Crippen LogP contribution in [0.15, 0.2) is 36.5 Å². The van der Waals surface area contributed by atoms with Crippen molar-refractivity contribution in [3.8, 4) is 11.5 Å². The minimum Gasteiger partial charge on any atom is -0.454 e. The van der Waals surface area contributed by atoms with Crippen LogP contribution in [0.3, 0.4) is 0 Å². The number of rotatable bonds is 2. The Labute approximate surface area is 182 Å². The summed E-state index contributed by atoms with van der Waals surface area (Å²) >= 11 is 0. The molecule has 5 rings (SSSR count). The summed E-state index contributed by atoms with van der Waals surface area (Å²) in [7, 11) is 0. The lowest BCUT2D eigenvalue weighted by Crippen LogP contribution is -2.58. The summed E-state index contributed by atoms with van der Waals surface area (Å²) in [6.07, 6.45) is -3.86. The number of benzene rings is 2. The smallest absolute Gasteiger partial charge is 0.419 e. The average Bonchev–Trinajstić information content (AvgIpc) is 3.17. The first-order valence-electron chi connectivity index (χ1n) is 10.2.